The third kappa shape index (κ3) is 3.96. The molecule has 1 rings (SSSR count). The zero-order valence-corrected chi connectivity index (χ0v) is 11.3. The summed E-state index contributed by atoms with van der Waals surface area (Å²) in [6, 6.07) is 0.00190. The number of hydrogen-bond acceptors (Lipinski definition) is 3. The number of hydrogen-bond donors (Lipinski definition) is 1. The molecule has 0 fully saturated rings. The highest BCUT2D eigenvalue weighted by Gasteiger charge is 2.16. The van der Waals surface area contributed by atoms with Crippen LogP contribution in [0.2, 0.25) is 0 Å². The molecule has 0 aromatic carbocycles. The van der Waals surface area contributed by atoms with Crippen LogP contribution in [0.15, 0.2) is 5.38 Å². The van der Waals surface area contributed by atoms with Crippen molar-refractivity contribution in [3.05, 3.63) is 16.1 Å². The van der Waals surface area contributed by atoms with Gasteiger partial charge in [-0.3, -0.25) is 0 Å². The first kappa shape index (κ1) is 13.2. The zero-order valence-electron chi connectivity index (χ0n) is 10.5. The summed E-state index contributed by atoms with van der Waals surface area (Å²) >= 11 is 1.68. The van der Waals surface area contributed by atoms with E-state index < -0.39 is 0 Å². The summed E-state index contributed by atoms with van der Waals surface area (Å²) in [4.78, 5) is 4.58. The summed E-state index contributed by atoms with van der Waals surface area (Å²) < 4.78 is 0. The van der Waals surface area contributed by atoms with Gasteiger partial charge in [-0.15, -0.1) is 11.3 Å². The summed E-state index contributed by atoms with van der Waals surface area (Å²) in [6.45, 7) is 8.56. The smallest absolute Gasteiger partial charge is 0.105 e. The second-order valence-corrected chi connectivity index (χ2v) is 5.83. The lowest BCUT2D eigenvalue weighted by Crippen LogP contribution is -2.15. The lowest BCUT2D eigenvalue weighted by Gasteiger charge is -2.14. The highest BCUT2D eigenvalue weighted by molar-refractivity contribution is 7.09. The maximum atomic E-state index is 5.72. The van der Waals surface area contributed by atoms with Crippen molar-refractivity contribution in [2.75, 3.05) is 0 Å². The predicted octanol–water partition coefficient (Wildman–Crippen LogP) is 2.72. The lowest BCUT2D eigenvalue weighted by atomic mass is 9.93. The molecule has 1 atom stereocenters. The summed E-state index contributed by atoms with van der Waals surface area (Å²) in [5, 5.41) is 3.21. The Morgan fingerprint density at radius 2 is 2.19 bits per heavy atom. The first-order chi connectivity index (χ1) is 7.43. The number of rotatable bonds is 2. The molecule has 0 aliphatic rings. The quantitative estimate of drug-likeness (QED) is 0.802. The molecule has 0 aliphatic heterocycles. The first-order valence-corrected chi connectivity index (χ1v) is 6.50. The molecule has 1 unspecified atom stereocenters. The van der Waals surface area contributed by atoms with Gasteiger partial charge in [0.2, 0.25) is 0 Å². The number of nitrogens with two attached hydrogens (primary N) is 1. The SMILES string of the molecule is CCC(N)C#CCc1nc(C(C)(C)C)cs1. The molecule has 1 aromatic heterocycles. The van der Waals surface area contributed by atoms with Gasteiger partial charge < -0.3 is 5.73 Å². The molecule has 88 valence electrons. The van der Waals surface area contributed by atoms with Crippen LogP contribution in [0, 0.1) is 11.8 Å². The van der Waals surface area contributed by atoms with Gasteiger partial charge in [0.1, 0.15) is 5.01 Å². The molecule has 0 spiro atoms. The molecule has 0 bridgehead atoms. The van der Waals surface area contributed by atoms with Gasteiger partial charge in [0.05, 0.1) is 18.2 Å². The molecule has 0 saturated carbocycles. The third-order valence-corrected chi connectivity index (χ3v) is 3.14. The van der Waals surface area contributed by atoms with E-state index in [9.17, 15) is 0 Å². The summed E-state index contributed by atoms with van der Waals surface area (Å²) in [7, 11) is 0. The van der Waals surface area contributed by atoms with Gasteiger partial charge in [-0.2, -0.15) is 0 Å². The van der Waals surface area contributed by atoms with Crippen molar-refractivity contribution < 1.29 is 0 Å². The van der Waals surface area contributed by atoms with E-state index >= 15 is 0 Å². The van der Waals surface area contributed by atoms with Gasteiger partial charge in [-0.05, 0) is 6.42 Å². The van der Waals surface area contributed by atoms with Crippen LogP contribution in [-0.2, 0) is 11.8 Å². The van der Waals surface area contributed by atoms with Crippen molar-refractivity contribution in [2.24, 2.45) is 5.73 Å². The second kappa shape index (κ2) is 5.47. The first-order valence-electron chi connectivity index (χ1n) is 5.62. The monoisotopic (exact) mass is 236 g/mol. The Balaban J connectivity index is 2.62. The van der Waals surface area contributed by atoms with E-state index in [1.165, 1.54) is 0 Å². The predicted molar refractivity (Wildman–Crippen MR) is 70.6 cm³/mol. The van der Waals surface area contributed by atoms with Gasteiger partial charge in [0.15, 0.2) is 0 Å². The van der Waals surface area contributed by atoms with E-state index in [4.69, 9.17) is 5.73 Å². The summed E-state index contributed by atoms with van der Waals surface area (Å²) in [6.07, 6.45) is 1.62. The topological polar surface area (TPSA) is 38.9 Å². The third-order valence-electron chi connectivity index (χ3n) is 2.29. The van der Waals surface area contributed by atoms with Crippen LogP contribution in [0.3, 0.4) is 0 Å². The Bertz CT molecular complexity index is 390. The fourth-order valence-corrected chi connectivity index (χ4v) is 2.06. The Kier molecular flexibility index (Phi) is 4.52. The van der Waals surface area contributed by atoms with Crippen molar-refractivity contribution in [1.29, 1.82) is 0 Å². The van der Waals surface area contributed by atoms with Crippen molar-refractivity contribution in [2.45, 2.75) is 52.0 Å². The minimum Gasteiger partial charge on any atom is -0.318 e. The average molecular weight is 236 g/mol. The van der Waals surface area contributed by atoms with E-state index in [2.05, 4.69) is 43.0 Å². The van der Waals surface area contributed by atoms with Crippen molar-refractivity contribution >= 4 is 11.3 Å². The molecule has 0 saturated heterocycles. The molecule has 2 nitrogen and oxygen atoms in total. The fourth-order valence-electron chi connectivity index (χ4n) is 1.10. The van der Waals surface area contributed by atoms with E-state index in [0.717, 1.165) is 17.1 Å². The fraction of sp³-hybridized carbons (Fsp3) is 0.615. The molecule has 0 aliphatic carbocycles. The molecular formula is C13H20N2S. The van der Waals surface area contributed by atoms with Crippen LogP contribution in [0.5, 0.6) is 0 Å². The van der Waals surface area contributed by atoms with Crippen LogP contribution in [0.4, 0.5) is 0 Å². The molecule has 0 radical (unpaired) electrons. The normalized spacial score (nSPS) is 13.1. The summed E-state index contributed by atoms with van der Waals surface area (Å²) in [5.41, 5.74) is 7.00. The second-order valence-electron chi connectivity index (χ2n) is 4.89. The molecule has 16 heavy (non-hydrogen) atoms. The van der Waals surface area contributed by atoms with Crippen molar-refractivity contribution in [3.63, 3.8) is 0 Å². The van der Waals surface area contributed by atoms with Crippen LogP contribution in [0.25, 0.3) is 0 Å². The standard InChI is InChI=1S/C13H20N2S/c1-5-10(14)7-6-8-12-15-11(9-16-12)13(2,3)4/h9-10H,5,8,14H2,1-4H3. The maximum Gasteiger partial charge on any atom is 0.105 e. The Hall–Kier alpha value is -0.850. The van der Waals surface area contributed by atoms with Gasteiger partial charge in [0.25, 0.3) is 0 Å². The zero-order chi connectivity index (χ0) is 12.2. The van der Waals surface area contributed by atoms with Gasteiger partial charge in [-0.1, -0.05) is 39.5 Å². The Labute approximate surface area is 102 Å². The molecule has 2 N–H and O–H groups in total. The van der Waals surface area contributed by atoms with Gasteiger partial charge >= 0.3 is 0 Å². The van der Waals surface area contributed by atoms with E-state index in [1.54, 1.807) is 11.3 Å². The number of aromatic nitrogens is 1. The van der Waals surface area contributed by atoms with Gasteiger partial charge in [0, 0.05) is 10.8 Å². The summed E-state index contributed by atoms with van der Waals surface area (Å²) in [5.74, 6) is 6.11. The van der Waals surface area contributed by atoms with Crippen LogP contribution < -0.4 is 5.73 Å². The van der Waals surface area contributed by atoms with Crippen molar-refractivity contribution in [3.8, 4) is 11.8 Å². The van der Waals surface area contributed by atoms with E-state index in [0.29, 0.717) is 6.42 Å². The molecule has 1 aromatic rings. The minimum atomic E-state index is 0.00190. The van der Waals surface area contributed by atoms with Crippen molar-refractivity contribution in [1.82, 2.24) is 4.98 Å². The Morgan fingerprint density at radius 1 is 1.50 bits per heavy atom. The van der Waals surface area contributed by atoms with E-state index in [-0.39, 0.29) is 11.5 Å². The highest BCUT2D eigenvalue weighted by atomic mass is 32.1. The Morgan fingerprint density at radius 3 is 2.69 bits per heavy atom. The van der Waals surface area contributed by atoms with E-state index in [1.807, 2.05) is 6.92 Å². The maximum absolute atomic E-state index is 5.72. The average Bonchev–Trinajstić information content (AvgIpc) is 2.65. The van der Waals surface area contributed by atoms with Crippen LogP contribution in [0.1, 0.15) is 44.8 Å². The van der Waals surface area contributed by atoms with Crippen LogP contribution in [-0.4, -0.2) is 11.0 Å². The number of nitrogens with zero attached hydrogens (tertiary/aromatic N) is 1. The molecule has 0 amide bonds. The molecule has 1 heterocycles. The minimum absolute atomic E-state index is 0.00190. The van der Waals surface area contributed by atoms with Crippen LogP contribution >= 0.6 is 11.3 Å². The highest BCUT2D eigenvalue weighted by Crippen LogP contribution is 2.23. The molecular weight excluding hydrogens is 216 g/mol. The lowest BCUT2D eigenvalue weighted by molar-refractivity contribution is 0.571. The largest absolute Gasteiger partial charge is 0.318 e. The number of thiazole rings is 1. The molecule has 3 heteroatoms. The van der Waals surface area contributed by atoms with Gasteiger partial charge in [-0.25, -0.2) is 4.98 Å².